The molecule has 3 rings (SSSR count). The molecule has 0 spiro atoms. The monoisotopic (exact) mass is 382 g/mol. The zero-order chi connectivity index (χ0) is 20.1. The number of nitrogens with zero attached hydrogens (tertiary/aromatic N) is 4. The van der Waals surface area contributed by atoms with Crippen molar-refractivity contribution in [2.45, 2.75) is 13.1 Å². The highest BCUT2D eigenvalue weighted by Crippen LogP contribution is 2.19. The van der Waals surface area contributed by atoms with Gasteiger partial charge in [0.25, 0.3) is 5.56 Å². The number of H-pyrrole nitrogens is 1. The summed E-state index contributed by atoms with van der Waals surface area (Å²) in [5.74, 6) is 1.16. The van der Waals surface area contributed by atoms with Crippen molar-refractivity contribution in [3.8, 4) is 11.4 Å². The zero-order valence-electron chi connectivity index (χ0n) is 15.6. The van der Waals surface area contributed by atoms with Crippen molar-refractivity contribution >= 4 is 17.0 Å². The van der Waals surface area contributed by atoms with Gasteiger partial charge in [-0.15, -0.1) is 13.2 Å². The molecule has 9 heteroatoms. The molecule has 0 amide bonds. The van der Waals surface area contributed by atoms with Gasteiger partial charge in [-0.2, -0.15) is 0 Å². The Bertz CT molecular complexity index is 1110. The van der Waals surface area contributed by atoms with E-state index in [-0.39, 0.29) is 24.3 Å². The van der Waals surface area contributed by atoms with Crippen LogP contribution in [0.3, 0.4) is 0 Å². The van der Waals surface area contributed by atoms with Gasteiger partial charge in [-0.25, -0.2) is 14.8 Å². The number of aromatic amines is 1. The fourth-order valence-corrected chi connectivity index (χ4v) is 2.81. The molecule has 0 saturated carbocycles. The molecule has 0 aliphatic carbocycles. The maximum absolute atomic E-state index is 12.7. The topological polar surface area (TPSA) is 107 Å². The molecule has 3 aromatic rings. The van der Waals surface area contributed by atoms with Gasteiger partial charge in [0.1, 0.15) is 17.2 Å². The summed E-state index contributed by atoms with van der Waals surface area (Å²) in [6.45, 7) is 8.85. The molecule has 146 valence electrons. The van der Waals surface area contributed by atoms with E-state index in [1.54, 1.807) is 19.4 Å². The first-order valence-corrected chi connectivity index (χ1v) is 8.75. The van der Waals surface area contributed by atoms with Gasteiger partial charge in [0, 0.05) is 38.5 Å². The fourth-order valence-electron chi connectivity index (χ4n) is 2.81. The maximum Gasteiger partial charge on any atom is 0.333 e. The molecule has 0 fully saturated rings. The molecule has 2 N–H and O–H groups in total. The van der Waals surface area contributed by atoms with E-state index >= 15 is 0 Å². The Labute approximate surface area is 161 Å². The maximum atomic E-state index is 12.7. The van der Waals surface area contributed by atoms with Crippen LogP contribution in [0.2, 0.25) is 0 Å². The summed E-state index contributed by atoms with van der Waals surface area (Å²) in [6, 6.07) is 3.64. The average molecular weight is 382 g/mol. The van der Waals surface area contributed by atoms with Gasteiger partial charge in [0.2, 0.25) is 0 Å². The largest absolute Gasteiger partial charge is 0.383 e. The van der Waals surface area contributed by atoms with Crippen LogP contribution in [0.15, 0.2) is 53.2 Å². The summed E-state index contributed by atoms with van der Waals surface area (Å²) < 4.78 is 7.51. The van der Waals surface area contributed by atoms with Crippen LogP contribution >= 0.6 is 0 Å². The second kappa shape index (κ2) is 8.49. The zero-order valence-corrected chi connectivity index (χ0v) is 15.6. The van der Waals surface area contributed by atoms with E-state index in [1.165, 1.54) is 10.6 Å². The van der Waals surface area contributed by atoms with Crippen LogP contribution < -0.4 is 16.6 Å². The smallest absolute Gasteiger partial charge is 0.333 e. The highest BCUT2D eigenvalue weighted by molar-refractivity contribution is 5.75. The van der Waals surface area contributed by atoms with E-state index in [0.29, 0.717) is 30.4 Å². The third kappa shape index (κ3) is 3.65. The summed E-state index contributed by atoms with van der Waals surface area (Å²) in [5.41, 5.74) is 0.338. The minimum atomic E-state index is -0.453. The van der Waals surface area contributed by atoms with Crippen LogP contribution in [0.5, 0.6) is 0 Å². The van der Waals surface area contributed by atoms with Gasteiger partial charge >= 0.3 is 5.69 Å². The molecule has 0 atom stereocenters. The number of hydrogen-bond acceptors (Lipinski definition) is 6. The van der Waals surface area contributed by atoms with Crippen LogP contribution in [0.25, 0.3) is 22.6 Å². The number of fused-ring (bicyclic) bond motifs is 1. The summed E-state index contributed by atoms with van der Waals surface area (Å²) >= 11 is 0. The SMILES string of the molecule is C=CCn1c(=O)c2[nH]c(-c3ccc(NCCOC)nc3)nc2n(CC=C)c1=O. The second-order valence-electron chi connectivity index (χ2n) is 6.02. The number of ether oxygens (including phenoxy) is 1. The first-order chi connectivity index (χ1) is 13.6. The number of methoxy groups -OCH3 is 1. The second-order valence-corrected chi connectivity index (χ2v) is 6.02. The van der Waals surface area contributed by atoms with Crippen LogP contribution in [-0.2, 0) is 17.8 Å². The van der Waals surface area contributed by atoms with Crippen LogP contribution in [0, 0.1) is 0 Å². The Morgan fingerprint density at radius 2 is 1.96 bits per heavy atom. The first kappa shape index (κ1) is 19.3. The molecule has 0 unspecified atom stereocenters. The number of imidazole rings is 1. The summed E-state index contributed by atoms with van der Waals surface area (Å²) in [7, 11) is 1.63. The molecular formula is C19H22N6O3. The van der Waals surface area contributed by atoms with Crippen molar-refractivity contribution in [2.24, 2.45) is 0 Å². The van der Waals surface area contributed by atoms with Gasteiger partial charge in [-0.05, 0) is 12.1 Å². The standard InChI is InChI=1S/C19H22N6O3/c1-4-9-24-17-15(18(26)25(10-5-2)19(24)27)22-16(23-17)13-6-7-14(21-12-13)20-8-11-28-3/h4-7,12H,1-2,8-11H2,3H3,(H,20,21)(H,22,23). The molecule has 0 radical (unpaired) electrons. The summed E-state index contributed by atoms with van der Waals surface area (Å²) in [6.07, 6.45) is 4.73. The number of allylic oxidation sites excluding steroid dienone is 2. The van der Waals surface area contributed by atoms with Crippen molar-refractivity contribution in [3.63, 3.8) is 0 Å². The Morgan fingerprint density at radius 3 is 2.61 bits per heavy atom. The van der Waals surface area contributed by atoms with Crippen molar-refractivity contribution < 1.29 is 4.74 Å². The number of rotatable bonds is 9. The predicted octanol–water partition coefficient (Wildman–Crippen LogP) is 1.38. The Hall–Kier alpha value is -3.46. The normalized spacial score (nSPS) is 10.9. The van der Waals surface area contributed by atoms with Crippen molar-refractivity contribution in [2.75, 3.05) is 25.6 Å². The van der Waals surface area contributed by atoms with Gasteiger partial charge in [0.15, 0.2) is 5.65 Å². The highest BCUT2D eigenvalue weighted by Gasteiger charge is 2.17. The predicted molar refractivity (Wildman–Crippen MR) is 109 cm³/mol. The minimum absolute atomic E-state index is 0.114. The van der Waals surface area contributed by atoms with E-state index in [1.807, 2.05) is 12.1 Å². The van der Waals surface area contributed by atoms with E-state index in [2.05, 4.69) is 33.4 Å². The molecule has 3 heterocycles. The molecule has 0 saturated heterocycles. The molecule has 3 aromatic heterocycles. The lowest BCUT2D eigenvalue weighted by Crippen LogP contribution is -2.39. The Morgan fingerprint density at radius 1 is 1.21 bits per heavy atom. The van der Waals surface area contributed by atoms with Gasteiger partial charge in [0.05, 0.1) is 6.61 Å². The number of anilines is 1. The number of hydrogen-bond donors (Lipinski definition) is 2. The minimum Gasteiger partial charge on any atom is -0.383 e. The van der Waals surface area contributed by atoms with Crippen molar-refractivity contribution in [1.82, 2.24) is 24.1 Å². The van der Waals surface area contributed by atoms with E-state index in [9.17, 15) is 9.59 Å². The van der Waals surface area contributed by atoms with Crippen molar-refractivity contribution in [1.29, 1.82) is 0 Å². The molecular weight excluding hydrogens is 360 g/mol. The lowest BCUT2D eigenvalue weighted by Gasteiger charge is -2.07. The van der Waals surface area contributed by atoms with Crippen LogP contribution in [-0.4, -0.2) is 44.3 Å². The van der Waals surface area contributed by atoms with Gasteiger partial charge in [-0.1, -0.05) is 12.2 Å². The number of aromatic nitrogens is 5. The van der Waals surface area contributed by atoms with Gasteiger partial charge in [-0.3, -0.25) is 13.9 Å². The molecule has 9 nitrogen and oxygen atoms in total. The highest BCUT2D eigenvalue weighted by atomic mass is 16.5. The van der Waals surface area contributed by atoms with Crippen LogP contribution in [0.4, 0.5) is 5.82 Å². The van der Waals surface area contributed by atoms with E-state index in [4.69, 9.17) is 4.74 Å². The quantitative estimate of drug-likeness (QED) is 0.428. The molecule has 0 aromatic carbocycles. The molecule has 0 aliphatic rings. The lowest BCUT2D eigenvalue weighted by molar-refractivity contribution is 0.210. The van der Waals surface area contributed by atoms with E-state index in [0.717, 1.165) is 4.57 Å². The molecule has 28 heavy (non-hydrogen) atoms. The summed E-state index contributed by atoms with van der Waals surface area (Å²) in [5, 5.41) is 3.13. The first-order valence-electron chi connectivity index (χ1n) is 8.75. The fraction of sp³-hybridized carbons (Fsp3) is 0.263. The third-order valence-electron chi connectivity index (χ3n) is 4.13. The lowest BCUT2D eigenvalue weighted by atomic mass is 10.2. The third-order valence-corrected chi connectivity index (χ3v) is 4.13. The van der Waals surface area contributed by atoms with Crippen LogP contribution in [0.1, 0.15) is 0 Å². The van der Waals surface area contributed by atoms with E-state index < -0.39 is 11.2 Å². The van der Waals surface area contributed by atoms with Gasteiger partial charge < -0.3 is 15.0 Å². The Kier molecular flexibility index (Phi) is 5.85. The molecule has 0 aliphatic heterocycles. The number of nitrogens with one attached hydrogen (secondary N) is 2. The average Bonchev–Trinajstić information content (AvgIpc) is 3.15. The number of pyridine rings is 1. The Balaban J connectivity index is 2.06. The van der Waals surface area contributed by atoms with Crippen molar-refractivity contribution in [3.05, 3.63) is 64.5 Å². The molecule has 0 bridgehead atoms. The summed E-state index contributed by atoms with van der Waals surface area (Å²) in [4.78, 5) is 37.2.